The highest BCUT2D eigenvalue weighted by atomic mass is 16.2. The number of rotatable bonds is 6. The molecule has 1 aromatic rings. The Morgan fingerprint density at radius 2 is 1.67 bits per heavy atom. The lowest BCUT2D eigenvalue weighted by molar-refractivity contribution is -0.123. The monoisotopic (exact) mass is 290 g/mol. The van der Waals surface area contributed by atoms with Crippen molar-refractivity contribution in [3.05, 3.63) is 35.9 Å². The Morgan fingerprint density at radius 1 is 1.10 bits per heavy atom. The van der Waals surface area contributed by atoms with E-state index in [0.717, 1.165) is 6.42 Å². The Bertz CT molecular complexity index is 434. The third-order valence-corrected chi connectivity index (χ3v) is 3.29. The van der Waals surface area contributed by atoms with E-state index in [0.29, 0.717) is 0 Å². The molecule has 0 bridgehead atoms. The number of amides is 1. The summed E-state index contributed by atoms with van der Waals surface area (Å²) < 4.78 is 0. The standard InChI is InChI=1S/C18H30N2O/c1-13(2)19-17(21)14(3)20-16(12-18(4,5)6)15-10-8-7-9-11-15/h7-11,13-14,16,20H,12H2,1-6H3,(H,19,21). The van der Waals surface area contributed by atoms with Gasteiger partial charge < -0.3 is 5.32 Å². The molecule has 3 nitrogen and oxygen atoms in total. The lowest BCUT2D eigenvalue weighted by Gasteiger charge is -2.29. The van der Waals surface area contributed by atoms with Gasteiger partial charge in [-0.15, -0.1) is 0 Å². The van der Waals surface area contributed by atoms with E-state index >= 15 is 0 Å². The summed E-state index contributed by atoms with van der Waals surface area (Å²) >= 11 is 0. The van der Waals surface area contributed by atoms with Crippen molar-refractivity contribution >= 4 is 5.91 Å². The Hall–Kier alpha value is -1.35. The zero-order valence-electron chi connectivity index (χ0n) is 14.2. The van der Waals surface area contributed by atoms with Gasteiger partial charge in [0.25, 0.3) is 0 Å². The molecule has 0 fully saturated rings. The SMILES string of the molecule is CC(C)NC(=O)C(C)NC(CC(C)(C)C)c1ccccc1. The Kier molecular flexibility index (Phi) is 6.41. The summed E-state index contributed by atoms with van der Waals surface area (Å²) in [5, 5.41) is 6.44. The zero-order valence-corrected chi connectivity index (χ0v) is 14.2. The molecular weight excluding hydrogens is 260 g/mol. The molecule has 1 aromatic carbocycles. The molecule has 0 spiro atoms. The first kappa shape index (κ1) is 17.7. The van der Waals surface area contributed by atoms with Crippen LogP contribution in [0.5, 0.6) is 0 Å². The van der Waals surface area contributed by atoms with Gasteiger partial charge in [-0.05, 0) is 38.2 Å². The number of carbonyl (C=O) groups excluding carboxylic acids is 1. The average molecular weight is 290 g/mol. The molecule has 3 heteroatoms. The smallest absolute Gasteiger partial charge is 0.237 e. The molecule has 0 radical (unpaired) electrons. The van der Waals surface area contributed by atoms with Gasteiger partial charge in [0, 0.05) is 12.1 Å². The second kappa shape index (κ2) is 7.60. The van der Waals surface area contributed by atoms with Crippen LogP contribution in [0.25, 0.3) is 0 Å². The van der Waals surface area contributed by atoms with Crippen LogP contribution in [0, 0.1) is 5.41 Å². The Labute approximate surface area is 129 Å². The maximum absolute atomic E-state index is 12.1. The predicted octanol–water partition coefficient (Wildman–Crippen LogP) is 3.67. The molecule has 0 aliphatic heterocycles. The minimum absolute atomic E-state index is 0.0554. The summed E-state index contributed by atoms with van der Waals surface area (Å²) in [7, 11) is 0. The Balaban J connectivity index is 2.81. The summed E-state index contributed by atoms with van der Waals surface area (Å²) in [5.41, 5.74) is 1.43. The minimum Gasteiger partial charge on any atom is -0.353 e. The molecule has 0 saturated carbocycles. The molecule has 0 heterocycles. The molecule has 2 atom stereocenters. The maximum atomic E-state index is 12.1. The molecule has 2 N–H and O–H groups in total. The first-order chi connectivity index (χ1) is 9.69. The fourth-order valence-corrected chi connectivity index (χ4v) is 2.36. The lowest BCUT2D eigenvalue weighted by Crippen LogP contribution is -2.46. The second-order valence-corrected chi connectivity index (χ2v) is 7.28. The topological polar surface area (TPSA) is 41.1 Å². The van der Waals surface area contributed by atoms with Crippen LogP contribution >= 0.6 is 0 Å². The quantitative estimate of drug-likeness (QED) is 0.839. The van der Waals surface area contributed by atoms with Gasteiger partial charge in [0.15, 0.2) is 0 Å². The molecule has 0 aliphatic rings. The summed E-state index contributed by atoms with van der Waals surface area (Å²) in [4.78, 5) is 12.1. The van der Waals surface area contributed by atoms with Crippen LogP contribution in [0.4, 0.5) is 0 Å². The van der Waals surface area contributed by atoms with Crippen molar-refractivity contribution in [3.63, 3.8) is 0 Å². The Morgan fingerprint density at radius 3 is 2.14 bits per heavy atom. The fraction of sp³-hybridized carbons (Fsp3) is 0.611. The minimum atomic E-state index is -0.208. The van der Waals surface area contributed by atoms with Crippen molar-refractivity contribution in [2.75, 3.05) is 0 Å². The molecule has 21 heavy (non-hydrogen) atoms. The number of hydrogen-bond donors (Lipinski definition) is 2. The highest BCUT2D eigenvalue weighted by molar-refractivity contribution is 5.81. The van der Waals surface area contributed by atoms with Gasteiger partial charge in [-0.2, -0.15) is 0 Å². The molecule has 0 aliphatic carbocycles. The summed E-state index contributed by atoms with van der Waals surface area (Å²) in [6.07, 6.45) is 0.982. The van der Waals surface area contributed by atoms with Gasteiger partial charge in [-0.3, -0.25) is 10.1 Å². The van der Waals surface area contributed by atoms with Crippen molar-refractivity contribution in [1.29, 1.82) is 0 Å². The number of carbonyl (C=O) groups is 1. The van der Waals surface area contributed by atoms with E-state index < -0.39 is 0 Å². The molecule has 118 valence electrons. The van der Waals surface area contributed by atoms with E-state index in [9.17, 15) is 4.79 Å². The molecule has 1 rings (SSSR count). The van der Waals surface area contributed by atoms with Gasteiger partial charge in [0.2, 0.25) is 5.91 Å². The van der Waals surface area contributed by atoms with Crippen LogP contribution in [-0.2, 0) is 4.79 Å². The first-order valence-electron chi connectivity index (χ1n) is 7.80. The van der Waals surface area contributed by atoms with E-state index in [2.05, 4.69) is 43.5 Å². The second-order valence-electron chi connectivity index (χ2n) is 7.28. The van der Waals surface area contributed by atoms with Crippen LogP contribution in [0.2, 0.25) is 0 Å². The molecule has 2 unspecified atom stereocenters. The highest BCUT2D eigenvalue weighted by Gasteiger charge is 2.24. The molecule has 0 aromatic heterocycles. The van der Waals surface area contributed by atoms with Gasteiger partial charge in [-0.25, -0.2) is 0 Å². The van der Waals surface area contributed by atoms with Crippen LogP contribution < -0.4 is 10.6 Å². The van der Waals surface area contributed by atoms with Crippen molar-refractivity contribution in [2.24, 2.45) is 5.41 Å². The van der Waals surface area contributed by atoms with Gasteiger partial charge in [0.05, 0.1) is 6.04 Å². The average Bonchev–Trinajstić information content (AvgIpc) is 2.36. The van der Waals surface area contributed by atoms with E-state index in [1.54, 1.807) is 0 Å². The van der Waals surface area contributed by atoms with Crippen molar-refractivity contribution < 1.29 is 4.79 Å². The normalized spacial score (nSPS) is 14.8. The number of hydrogen-bond acceptors (Lipinski definition) is 2. The molecular formula is C18H30N2O. The van der Waals surface area contributed by atoms with Crippen LogP contribution in [-0.4, -0.2) is 18.0 Å². The lowest BCUT2D eigenvalue weighted by atomic mass is 9.85. The van der Waals surface area contributed by atoms with Crippen LogP contribution in [0.1, 0.15) is 59.6 Å². The third kappa shape index (κ3) is 6.76. The maximum Gasteiger partial charge on any atom is 0.237 e. The zero-order chi connectivity index (χ0) is 16.0. The van der Waals surface area contributed by atoms with E-state index in [1.807, 2.05) is 39.0 Å². The van der Waals surface area contributed by atoms with Crippen molar-refractivity contribution in [3.8, 4) is 0 Å². The van der Waals surface area contributed by atoms with Crippen LogP contribution in [0.15, 0.2) is 30.3 Å². The molecule has 0 saturated heterocycles. The van der Waals surface area contributed by atoms with Crippen molar-refractivity contribution in [1.82, 2.24) is 10.6 Å². The van der Waals surface area contributed by atoms with Crippen LogP contribution in [0.3, 0.4) is 0 Å². The summed E-state index contributed by atoms with van der Waals surface area (Å²) in [5.74, 6) is 0.0554. The number of nitrogens with one attached hydrogen (secondary N) is 2. The summed E-state index contributed by atoms with van der Waals surface area (Å²) in [6.45, 7) is 12.6. The van der Waals surface area contributed by atoms with Gasteiger partial charge in [0.1, 0.15) is 0 Å². The van der Waals surface area contributed by atoms with Gasteiger partial charge >= 0.3 is 0 Å². The highest BCUT2D eigenvalue weighted by Crippen LogP contribution is 2.29. The predicted molar refractivity (Wildman–Crippen MR) is 89.1 cm³/mol. The first-order valence-corrected chi connectivity index (χ1v) is 7.80. The van der Waals surface area contributed by atoms with Crippen molar-refractivity contribution in [2.45, 2.75) is 66.1 Å². The largest absolute Gasteiger partial charge is 0.353 e. The molecule has 1 amide bonds. The third-order valence-electron chi connectivity index (χ3n) is 3.29. The fourth-order valence-electron chi connectivity index (χ4n) is 2.36. The summed E-state index contributed by atoms with van der Waals surface area (Å²) in [6, 6.07) is 10.5. The van der Waals surface area contributed by atoms with E-state index in [4.69, 9.17) is 0 Å². The number of benzene rings is 1. The van der Waals surface area contributed by atoms with Gasteiger partial charge in [-0.1, -0.05) is 51.1 Å². The van der Waals surface area contributed by atoms with E-state index in [-0.39, 0.29) is 29.4 Å². The van der Waals surface area contributed by atoms with E-state index in [1.165, 1.54) is 5.56 Å².